The van der Waals surface area contributed by atoms with Crippen molar-refractivity contribution >= 4 is 0 Å². The summed E-state index contributed by atoms with van der Waals surface area (Å²) in [6.07, 6.45) is 12.0. The van der Waals surface area contributed by atoms with Gasteiger partial charge in [-0.25, -0.2) is 4.39 Å². The van der Waals surface area contributed by atoms with Crippen LogP contribution in [-0.4, -0.2) is 13.1 Å². The first-order valence-corrected chi connectivity index (χ1v) is 5.23. The van der Waals surface area contributed by atoms with Crippen LogP contribution in [0.3, 0.4) is 0 Å². The van der Waals surface area contributed by atoms with Gasteiger partial charge in [0.05, 0.1) is 0 Å². The van der Waals surface area contributed by atoms with Gasteiger partial charge in [-0.1, -0.05) is 37.8 Å². The number of rotatable bonds is 7. The summed E-state index contributed by atoms with van der Waals surface area (Å²) in [7, 11) is 1.88. The molecule has 1 atom stereocenters. The predicted molar refractivity (Wildman–Crippen MR) is 65.4 cm³/mol. The van der Waals surface area contributed by atoms with Gasteiger partial charge in [0.1, 0.15) is 5.83 Å². The number of halogens is 1. The van der Waals surface area contributed by atoms with E-state index in [9.17, 15) is 4.39 Å². The first-order chi connectivity index (χ1) is 7.24. The Kier molecular flexibility index (Phi) is 8.69. The molecule has 0 heterocycles. The van der Waals surface area contributed by atoms with Gasteiger partial charge in [-0.15, -0.1) is 0 Å². The van der Waals surface area contributed by atoms with Crippen LogP contribution in [-0.2, 0) is 0 Å². The first kappa shape index (κ1) is 13.8. The molecule has 84 valence electrons. The van der Waals surface area contributed by atoms with Gasteiger partial charge >= 0.3 is 0 Å². The summed E-state index contributed by atoms with van der Waals surface area (Å²) in [4.78, 5) is 0. The third-order valence-electron chi connectivity index (χ3n) is 1.92. The minimum atomic E-state index is -0.167. The summed E-state index contributed by atoms with van der Waals surface area (Å²) in [6.45, 7) is 5.51. The summed E-state index contributed by atoms with van der Waals surface area (Å²) >= 11 is 0. The lowest BCUT2D eigenvalue weighted by molar-refractivity contribution is 0.652. The zero-order valence-corrected chi connectivity index (χ0v) is 9.54. The van der Waals surface area contributed by atoms with Crippen LogP contribution < -0.4 is 5.32 Å². The Labute approximate surface area is 92.1 Å². The number of nitrogens with one attached hydrogen (secondary N) is 1. The van der Waals surface area contributed by atoms with Crippen LogP contribution in [0.5, 0.6) is 0 Å². The average Bonchev–Trinajstić information content (AvgIpc) is 2.23. The van der Waals surface area contributed by atoms with E-state index in [-0.39, 0.29) is 11.9 Å². The average molecular weight is 209 g/mol. The Morgan fingerprint density at radius 1 is 1.53 bits per heavy atom. The van der Waals surface area contributed by atoms with Crippen LogP contribution in [0.15, 0.2) is 48.9 Å². The van der Waals surface area contributed by atoms with Crippen molar-refractivity contribution in [3.8, 4) is 0 Å². The molecule has 1 unspecified atom stereocenters. The zero-order valence-electron chi connectivity index (χ0n) is 9.54. The van der Waals surface area contributed by atoms with Gasteiger partial charge < -0.3 is 5.32 Å². The second-order valence-electron chi connectivity index (χ2n) is 3.15. The molecule has 0 amide bonds. The first-order valence-electron chi connectivity index (χ1n) is 5.23. The van der Waals surface area contributed by atoms with E-state index in [0.29, 0.717) is 0 Å². The maximum Gasteiger partial charge on any atom is 0.118 e. The molecule has 0 aliphatic carbocycles. The third-order valence-corrected chi connectivity index (χ3v) is 1.92. The van der Waals surface area contributed by atoms with Gasteiger partial charge in [-0.3, -0.25) is 0 Å². The molecule has 15 heavy (non-hydrogen) atoms. The second-order valence-corrected chi connectivity index (χ2v) is 3.15. The molecule has 0 aromatic carbocycles. The fourth-order valence-electron chi connectivity index (χ4n) is 1.10. The minimum absolute atomic E-state index is 0.167. The number of allylic oxidation sites excluding steroid dienone is 5. The topological polar surface area (TPSA) is 12.0 Å². The van der Waals surface area contributed by atoms with Crippen LogP contribution >= 0.6 is 0 Å². The maximum atomic E-state index is 12.9. The Morgan fingerprint density at radius 2 is 2.27 bits per heavy atom. The molecule has 0 bridgehead atoms. The number of likely N-dealkylation sites (N-methyl/N-ethyl adjacent to an activating group) is 1. The highest BCUT2D eigenvalue weighted by molar-refractivity contribution is 5.12. The van der Waals surface area contributed by atoms with E-state index in [1.54, 1.807) is 12.2 Å². The Bertz CT molecular complexity index is 251. The molecule has 0 rings (SSSR count). The van der Waals surface area contributed by atoms with Gasteiger partial charge in [0.2, 0.25) is 0 Å². The van der Waals surface area contributed by atoms with Crippen molar-refractivity contribution in [3.63, 3.8) is 0 Å². The summed E-state index contributed by atoms with van der Waals surface area (Å²) in [5.74, 6) is -0.167. The predicted octanol–water partition coefficient (Wildman–Crippen LogP) is 3.53. The van der Waals surface area contributed by atoms with Crippen molar-refractivity contribution < 1.29 is 4.39 Å². The summed E-state index contributed by atoms with van der Waals surface area (Å²) in [6, 6.07) is 0.230. The van der Waals surface area contributed by atoms with E-state index in [1.807, 2.05) is 32.2 Å². The highest BCUT2D eigenvalue weighted by Gasteiger charge is 1.96. The molecule has 2 heteroatoms. The lowest BCUT2D eigenvalue weighted by atomic mass is 10.2. The van der Waals surface area contributed by atoms with Crippen LogP contribution in [0, 0.1) is 0 Å². The molecular weight excluding hydrogens is 189 g/mol. The van der Waals surface area contributed by atoms with Crippen molar-refractivity contribution in [3.05, 3.63) is 48.9 Å². The van der Waals surface area contributed by atoms with E-state index in [1.165, 1.54) is 6.08 Å². The van der Waals surface area contributed by atoms with Crippen LogP contribution in [0.4, 0.5) is 4.39 Å². The van der Waals surface area contributed by atoms with Gasteiger partial charge in [-0.05, 0) is 32.0 Å². The van der Waals surface area contributed by atoms with Crippen LogP contribution in [0.2, 0.25) is 0 Å². The summed E-state index contributed by atoms with van der Waals surface area (Å²) in [5, 5.41) is 3.11. The Hall–Kier alpha value is -1.15. The Morgan fingerprint density at radius 3 is 2.80 bits per heavy atom. The van der Waals surface area contributed by atoms with Crippen molar-refractivity contribution in [2.45, 2.75) is 25.8 Å². The molecule has 0 aromatic heterocycles. The van der Waals surface area contributed by atoms with Crippen molar-refractivity contribution in [2.24, 2.45) is 0 Å². The molecule has 1 nitrogen and oxygen atoms in total. The van der Waals surface area contributed by atoms with Crippen LogP contribution in [0.25, 0.3) is 0 Å². The molecule has 0 spiro atoms. The van der Waals surface area contributed by atoms with Gasteiger partial charge in [-0.2, -0.15) is 0 Å². The quantitative estimate of drug-likeness (QED) is 0.632. The van der Waals surface area contributed by atoms with E-state index >= 15 is 0 Å². The fraction of sp³-hybridized carbons (Fsp3) is 0.385. The molecule has 0 aromatic rings. The highest BCUT2D eigenvalue weighted by Crippen LogP contribution is 2.03. The smallest absolute Gasteiger partial charge is 0.118 e. The van der Waals surface area contributed by atoms with Gasteiger partial charge in [0.25, 0.3) is 0 Å². The van der Waals surface area contributed by atoms with Crippen molar-refractivity contribution in [2.75, 3.05) is 7.05 Å². The minimum Gasteiger partial charge on any atom is -0.313 e. The summed E-state index contributed by atoms with van der Waals surface area (Å²) < 4.78 is 12.9. The van der Waals surface area contributed by atoms with Gasteiger partial charge in [0, 0.05) is 6.04 Å². The van der Waals surface area contributed by atoms with E-state index in [2.05, 4.69) is 11.9 Å². The lowest BCUT2D eigenvalue weighted by Gasteiger charge is -2.07. The molecule has 0 radical (unpaired) electrons. The number of hydrogen-bond donors (Lipinski definition) is 1. The molecule has 0 aliphatic heterocycles. The maximum absolute atomic E-state index is 12.9. The van der Waals surface area contributed by atoms with Crippen molar-refractivity contribution in [1.82, 2.24) is 5.32 Å². The molecule has 0 aliphatic rings. The molecular formula is C13H20FN. The highest BCUT2D eigenvalue weighted by atomic mass is 19.1. The third kappa shape index (κ3) is 7.89. The van der Waals surface area contributed by atoms with E-state index in [4.69, 9.17) is 0 Å². The second kappa shape index (κ2) is 9.41. The Balaban J connectivity index is 4.04. The fourth-order valence-corrected chi connectivity index (χ4v) is 1.10. The largest absolute Gasteiger partial charge is 0.313 e. The van der Waals surface area contributed by atoms with E-state index in [0.717, 1.165) is 12.8 Å². The van der Waals surface area contributed by atoms with Gasteiger partial charge in [0.15, 0.2) is 0 Å². The summed E-state index contributed by atoms with van der Waals surface area (Å²) in [5.41, 5.74) is 0. The standard InChI is InChI=1S/C13H20FN/c1-4-6-10-13(15-3)11-7-9-12(14)8-5-2/h4,6-10,13,15H,1,5,11H2,2-3H3/b9-7-,10-6-,12-8+. The monoisotopic (exact) mass is 209 g/mol. The number of hydrogen-bond acceptors (Lipinski definition) is 1. The van der Waals surface area contributed by atoms with Crippen molar-refractivity contribution in [1.29, 1.82) is 0 Å². The van der Waals surface area contributed by atoms with E-state index < -0.39 is 0 Å². The SMILES string of the molecule is C=C/C=C\C(C/C=C\C(F)=C/CC)NC. The molecule has 0 saturated heterocycles. The van der Waals surface area contributed by atoms with Crippen LogP contribution in [0.1, 0.15) is 19.8 Å². The zero-order chi connectivity index (χ0) is 11.5. The molecule has 1 N–H and O–H groups in total. The molecule has 0 fully saturated rings. The lowest BCUT2D eigenvalue weighted by Crippen LogP contribution is -2.21. The normalized spacial score (nSPS) is 15.0. The molecule has 0 saturated carbocycles.